The molecule has 0 saturated carbocycles. The summed E-state index contributed by atoms with van der Waals surface area (Å²) in [6.45, 7) is 0.190. The van der Waals surface area contributed by atoms with Gasteiger partial charge in [0.2, 0.25) is 0 Å². The molecular weight excluding hydrogens is 338 g/mol. The molecule has 7 nitrogen and oxygen atoms in total. The number of nitrogens with zero attached hydrogens (tertiary/aromatic N) is 1. The van der Waals surface area contributed by atoms with Crippen LogP contribution in [0.25, 0.3) is 0 Å². The fraction of sp³-hybridized carbons (Fsp3) is 0.263. The minimum atomic E-state index is -1.16. The summed E-state index contributed by atoms with van der Waals surface area (Å²) in [7, 11) is 0. The molecule has 1 atom stereocenters. The third-order valence-corrected chi connectivity index (χ3v) is 4.09. The van der Waals surface area contributed by atoms with Crippen molar-refractivity contribution in [3.05, 3.63) is 59.7 Å². The van der Waals surface area contributed by atoms with Gasteiger partial charge in [-0.05, 0) is 18.6 Å². The molecule has 0 aliphatic rings. The summed E-state index contributed by atoms with van der Waals surface area (Å²) in [4.78, 5) is 24.2. The van der Waals surface area contributed by atoms with Gasteiger partial charge in [-0.15, -0.1) is 0 Å². The van der Waals surface area contributed by atoms with Gasteiger partial charge in [-0.25, -0.2) is 0 Å². The van der Waals surface area contributed by atoms with Crippen molar-refractivity contribution < 1.29 is 30.0 Å². The van der Waals surface area contributed by atoms with E-state index in [1.165, 1.54) is 17.0 Å². The molecule has 0 radical (unpaired) electrons. The smallest absolute Gasteiger partial charge is 0.320 e. The Hall–Kier alpha value is -3.06. The number of hydrogen-bond acceptors (Lipinski definition) is 5. The van der Waals surface area contributed by atoms with Crippen LogP contribution in [0, 0.1) is 0 Å². The molecule has 7 heteroatoms. The molecule has 0 aromatic heterocycles. The molecule has 0 heterocycles. The van der Waals surface area contributed by atoms with E-state index in [4.69, 9.17) is 5.11 Å². The number of carbonyl (C=O) groups is 2. The van der Waals surface area contributed by atoms with Gasteiger partial charge < -0.3 is 20.4 Å². The Morgan fingerprint density at radius 3 is 1.69 bits per heavy atom. The lowest BCUT2D eigenvalue weighted by Crippen LogP contribution is -2.40. The number of phenols is 2. The maximum Gasteiger partial charge on any atom is 0.320 e. The van der Waals surface area contributed by atoms with Crippen molar-refractivity contribution >= 4 is 11.9 Å². The van der Waals surface area contributed by atoms with Crippen LogP contribution in [-0.4, -0.2) is 43.3 Å². The molecule has 138 valence electrons. The van der Waals surface area contributed by atoms with Crippen LogP contribution in [0.2, 0.25) is 0 Å². The SMILES string of the molecule is O=C(O)CC[C@@H](C(=O)O)N(Cc1ccccc1O)Cc1ccccc1O. The Kier molecular flexibility index (Phi) is 6.57. The van der Waals surface area contributed by atoms with E-state index in [0.717, 1.165) is 0 Å². The monoisotopic (exact) mass is 359 g/mol. The van der Waals surface area contributed by atoms with Crippen LogP contribution in [0.15, 0.2) is 48.5 Å². The van der Waals surface area contributed by atoms with Crippen molar-refractivity contribution in [3.8, 4) is 11.5 Å². The second kappa shape index (κ2) is 8.87. The zero-order chi connectivity index (χ0) is 19.1. The van der Waals surface area contributed by atoms with Gasteiger partial charge in [-0.1, -0.05) is 36.4 Å². The highest BCUT2D eigenvalue weighted by atomic mass is 16.4. The Bertz CT molecular complexity index is 729. The quantitative estimate of drug-likeness (QED) is 0.543. The third-order valence-electron chi connectivity index (χ3n) is 4.09. The number of phenolic OH excluding ortho intramolecular Hbond substituents is 2. The third kappa shape index (κ3) is 5.22. The summed E-state index contributed by atoms with van der Waals surface area (Å²) >= 11 is 0. The van der Waals surface area contributed by atoms with E-state index in [9.17, 15) is 24.9 Å². The standard InChI is InChI=1S/C19H21NO6/c21-16-7-3-1-5-13(16)11-20(12-14-6-2-4-8-17(14)22)15(19(25)26)9-10-18(23)24/h1-8,15,21-22H,9-12H2,(H,23,24)(H,25,26)/t15-/m0/s1. The minimum Gasteiger partial charge on any atom is -0.508 e. The number of aliphatic carboxylic acids is 2. The van der Waals surface area contributed by atoms with Gasteiger partial charge in [-0.2, -0.15) is 0 Å². The van der Waals surface area contributed by atoms with E-state index in [-0.39, 0.29) is 37.4 Å². The van der Waals surface area contributed by atoms with E-state index in [2.05, 4.69) is 0 Å². The van der Waals surface area contributed by atoms with Crippen LogP contribution in [0.1, 0.15) is 24.0 Å². The van der Waals surface area contributed by atoms with Crippen molar-refractivity contribution in [1.82, 2.24) is 4.90 Å². The number of carboxylic acids is 2. The van der Waals surface area contributed by atoms with Crippen LogP contribution >= 0.6 is 0 Å². The van der Waals surface area contributed by atoms with Gasteiger partial charge in [0, 0.05) is 30.6 Å². The summed E-state index contributed by atoms with van der Waals surface area (Å²) in [6.07, 6.45) is -0.388. The summed E-state index contributed by atoms with van der Waals surface area (Å²) in [5.74, 6) is -2.19. The Morgan fingerprint density at radius 1 is 0.846 bits per heavy atom. The first kappa shape index (κ1) is 19.3. The van der Waals surface area contributed by atoms with Gasteiger partial charge in [0.25, 0.3) is 0 Å². The van der Waals surface area contributed by atoms with Crippen LogP contribution in [0.4, 0.5) is 0 Å². The number of rotatable bonds is 9. The van der Waals surface area contributed by atoms with E-state index >= 15 is 0 Å². The van der Waals surface area contributed by atoms with Crippen molar-refractivity contribution in [2.75, 3.05) is 0 Å². The van der Waals surface area contributed by atoms with Crippen molar-refractivity contribution in [3.63, 3.8) is 0 Å². The molecule has 0 amide bonds. The normalized spacial score (nSPS) is 12.0. The average molecular weight is 359 g/mol. The number of para-hydroxylation sites is 2. The van der Waals surface area contributed by atoms with Crippen LogP contribution < -0.4 is 0 Å². The zero-order valence-corrected chi connectivity index (χ0v) is 14.1. The summed E-state index contributed by atoms with van der Waals surface area (Å²) < 4.78 is 0. The largest absolute Gasteiger partial charge is 0.508 e. The van der Waals surface area contributed by atoms with Gasteiger partial charge in [0.1, 0.15) is 17.5 Å². The molecule has 0 bridgehead atoms. The molecule has 0 spiro atoms. The minimum absolute atomic E-state index is 0.0251. The molecule has 0 aliphatic carbocycles. The van der Waals surface area contributed by atoms with E-state index in [1.807, 2.05) is 0 Å². The number of aromatic hydroxyl groups is 2. The average Bonchev–Trinajstić information content (AvgIpc) is 2.58. The van der Waals surface area contributed by atoms with Crippen LogP contribution in [0.5, 0.6) is 11.5 Å². The van der Waals surface area contributed by atoms with Crippen LogP contribution in [-0.2, 0) is 22.7 Å². The fourth-order valence-electron chi connectivity index (χ4n) is 2.73. The lowest BCUT2D eigenvalue weighted by molar-refractivity contribution is -0.145. The molecule has 0 fully saturated rings. The number of carboxylic acid groups (broad SMARTS) is 2. The molecule has 0 unspecified atom stereocenters. The maximum atomic E-state index is 11.7. The first-order valence-corrected chi connectivity index (χ1v) is 8.11. The Morgan fingerprint density at radius 2 is 1.31 bits per heavy atom. The highest BCUT2D eigenvalue weighted by molar-refractivity contribution is 5.75. The lowest BCUT2D eigenvalue weighted by atomic mass is 10.1. The zero-order valence-electron chi connectivity index (χ0n) is 14.1. The second-order valence-electron chi connectivity index (χ2n) is 5.95. The summed E-state index contributed by atoms with van der Waals surface area (Å²) in [5, 5.41) is 38.5. The molecular formula is C19H21NO6. The van der Waals surface area contributed by atoms with Crippen molar-refractivity contribution in [1.29, 1.82) is 0 Å². The Labute approximate surface area is 150 Å². The topological polar surface area (TPSA) is 118 Å². The molecule has 2 aromatic carbocycles. The first-order valence-electron chi connectivity index (χ1n) is 8.11. The second-order valence-corrected chi connectivity index (χ2v) is 5.95. The highest BCUT2D eigenvalue weighted by Crippen LogP contribution is 2.25. The van der Waals surface area contributed by atoms with E-state index in [0.29, 0.717) is 11.1 Å². The molecule has 2 aromatic rings. The van der Waals surface area contributed by atoms with Gasteiger partial charge in [0.05, 0.1) is 0 Å². The first-order chi connectivity index (χ1) is 12.4. The Balaban J connectivity index is 2.32. The molecule has 4 N–H and O–H groups in total. The maximum absolute atomic E-state index is 11.7. The fourth-order valence-corrected chi connectivity index (χ4v) is 2.73. The van der Waals surface area contributed by atoms with Crippen molar-refractivity contribution in [2.45, 2.75) is 32.0 Å². The van der Waals surface area contributed by atoms with E-state index < -0.39 is 18.0 Å². The van der Waals surface area contributed by atoms with Crippen molar-refractivity contribution in [2.24, 2.45) is 0 Å². The van der Waals surface area contributed by atoms with Gasteiger partial charge >= 0.3 is 11.9 Å². The van der Waals surface area contributed by atoms with Gasteiger partial charge in [-0.3, -0.25) is 14.5 Å². The number of benzene rings is 2. The highest BCUT2D eigenvalue weighted by Gasteiger charge is 2.27. The molecule has 0 aliphatic heterocycles. The number of hydrogen-bond donors (Lipinski definition) is 4. The van der Waals surface area contributed by atoms with Crippen LogP contribution in [0.3, 0.4) is 0 Å². The molecule has 2 rings (SSSR count). The predicted molar refractivity (Wildman–Crippen MR) is 93.8 cm³/mol. The predicted octanol–water partition coefficient (Wildman–Crippen LogP) is 2.42. The van der Waals surface area contributed by atoms with Gasteiger partial charge in [0.15, 0.2) is 0 Å². The molecule has 26 heavy (non-hydrogen) atoms. The molecule has 0 saturated heterocycles. The lowest BCUT2D eigenvalue weighted by Gasteiger charge is -2.29. The summed E-state index contributed by atoms with van der Waals surface area (Å²) in [5.41, 5.74) is 1.04. The summed E-state index contributed by atoms with van der Waals surface area (Å²) in [6, 6.07) is 12.0. The van der Waals surface area contributed by atoms with E-state index in [1.54, 1.807) is 36.4 Å².